The lowest BCUT2D eigenvalue weighted by atomic mass is 10.1. The van der Waals surface area contributed by atoms with Crippen LogP contribution >= 0.6 is 0 Å². The van der Waals surface area contributed by atoms with Gasteiger partial charge in [-0.1, -0.05) is 12.8 Å². The quantitative estimate of drug-likeness (QED) is 0.851. The third-order valence-electron chi connectivity index (χ3n) is 4.43. The van der Waals surface area contributed by atoms with Gasteiger partial charge in [0.2, 0.25) is 0 Å². The first-order valence-corrected chi connectivity index (χ1v) is 9.11. The number of aromatic nitrogens is 2. The highest BCUT2D eigenvalue weighted by atomic mass is 19.1. The van der Waals surface area contributed by atoms with E-state index in [0.717, 1.165) is 24.0 Å². The van der Waals surface area contributed by atoms with Gasteiger partial charge in [-0.05, 0) is 62.9 Å². The van der Waals surface area contributed by atoms with E-state index < -0.39 is 11.7 Å². The lowest BCUT2D eigenvalue weighted by Gasteiger charge is -2.19. The first kappa shape index (κ1) is 18.4. The molecule has 26 heavy (non-hydrogen) atoms. The Hall–Kier alpha value is -2.37. The van der Waals surface area contributed by atoms with Crippen molar-refractivity contribution in [1.29, 1.82) is 0 Å². The van der Waals surface area contributed by atoms with Crippen molar-refractivity contribution in [3.8, 4) is 11.1 Å². The van der Waals surface area contributed by atoms with Crippen LogP contribution in [0.5, 0.6) is 0 Å². The van der Waals surface area contributed by atoms with Crippen molar-refractivity contribution in [1.82, 2.24) is 15.1 Å². The van der Waals surface area contributed by atoms with Crippen LogP contribution in [0.2, 0.25) is 0 Å². The number of halogens is 1. The maximum atomic E-state index is 14.0. The third kappa shape index (κ3) is 4.84. The maximum absolute atomic E-state index is 14.0. The summed E-state index contributed by atoms with van der Waals surface area (Å²) >= 11 is 0. The van der Waals surface area contributed by atoms with Crippen molar-refractivity contribution in [3.63, 3.8) is 0 Å². The summed E-state index contributed by atoms with van der Waals surface area (Å²) in [4.78, 5) is 11.8. The molecule has 0 spiro atoms. The Labute approximate surface area is 153 Å². The normalized spacial score (nSPS) is 15.2. The Bertz CT molecular complexity index is 774. The summed E-state index contributed by atoms with van der Waals surface area (Å²) in [5.74, 6) is -0.336. The number of carbonyl (C=O) groups excluding carboxylic acids is 1. The van der Waals surface area contributed by atoms with Gasteiger partial charge in [-0.2, -0.15) is 5.10 Å². The lowest BCUT2D eigenvalue weighted by molar-refractivity contribution is 0.0523. The van der Waals surface area contributed by atoms with Gasteiger partial charge in [-0.25, -0.2) is 9.18 Å². The van der Waals surface area contributed by atoms with E-state index in [1.807, 2.05) is 16.9 Å². The highest BCUT2D eigenvalue weighted by molar-refractivity contribution is 5.68. The van der Waals surface area contributed by atoms with Gasteiger partial charge >= 0.3 is 6.09 Å². The van der Waals surface area contributed by atoms with Crippen molar-refractivity contribution in [2.75, 3.05) is 0 Å². The van der Waals surface area contributed by atoms with Crippen LogP contribution in [0.15, 0.2) is 30.6 Å². The van der Waals surface area contributed by atoms with E-state index in [0.29, 0.717) is 11.6 Å². The molecule has 2 aromatic rings. The van der Waals surface area contributed by atoms with Crippen LogP contribution in [0.1, 0.15) is 58.1 Å². The minimum Gasteiger partial charge on any atom is -0.444 e. The number of hydrogen-bond acceptors (Lipinski definition) is 3. The molecule has 1 heterocycles. The molecule has 1 saturated carbocycles. The number of nitrogens with one attached hydrogen (secondary N) is 1. The highest BCUT2D eigenvalue weighted by Crippen LogP contribution is 2.30. The molecule has 0 saturated heterocycles. The van der Waals surface area contributed by atoms with Gasteiger partial charge in [-0.3, -0.25) is 4.68 Å². The fraction of sp³-hybridized carbons (Fsp3) is 0.500. The summed E-state index contributed by atoms with van der Waals surface area (Å²) in [5, 5.41) is 7.12. The molecule has 1 fully saturated rings. The molecule has 0 atom stereocenters. The number of alkyl carbamates (subject to hydrolysis) is 1. The molecule has 140 valence electrons. The second-order valence-corrected chi connectivity index (χ2v) is 7.85. The van der Waals surface area contributed by atoms with Gasteiger partial charge in [0.05, 0.1) is 12.2 Å². The fourth-order valence-corrected chi connectivity index (χ4v) is 3.26. The average Bonchev–Trinajstić information content (AvgIpc) is 3.21. The third-order valence-corrected chi connectivity index (χ3v) is 4.43. The second-order valence-electron chi connectivity index (χ2n) is 7.85. The van der Waals surface area contributed by atoms with Crippen molar-refractivity contribution < 1.29 is 13.9 Å². The first-order chi connectivity index (χ1) is 12.3. The Morgan fingerprint density at radius 3 is 2.69 bits per heavy atom. The number of carbonyl (C=O) groups is 1. The summed E-state index contributed by atoms with van der Waals surface area (Å²) in [6.45, 7) is 5.61. The summed E-state index contributed by atoms with van der Waals surface area (Å²) in [6, 6.07) is 5.23. The fourth-order valence-electron chi connectivity index (χ4n) is 3.26. The molecule has 1 aliphatic rings. The van der Waals surface area contributed by atoms with E-state index in [4.69, 9.17) is 4.74 Å². The van der Waals surface area contributed by atoms with E-state index in [2.05, 4.69) is 10.4 Å². The van der Waals surface area contributed by atoms with E-state index in [-0.39, 0.29) is 12.4 Å². The highest BCUT2D eigenvalue weighted by Gasteiger charge is 2.18. The minimum atomic E-state index is -0.563. The molecule has 1 amide bonds. The van der Waals surface area contributed by atoms with Gasteiger partial charge in [0.1, 0.15) is 11.4 Å². The van der Waals surface area contributed by atoms with Crippen LogP contribution in [0.3, 0.4) is 0 Å². The van der Waals surface area contributed by atoms with Gasteiger partial charge in [0, 0.05) is 18.3 Å². The predicted molar refractivity (Wildman–Crippen MR) is 98.2 cm³/mol. The molecular formula is C20H26FN3O2. The Kier molecular flexibility index (Phi) is 5.30. The Balaban J connectivity index is 1.70. The number of amides is 1. The smallest absolute Gasteiger partial charge is 0.407 e. The first-order valence-electron chi connectivity index (χ1n) is 9.11. The van der Waals surface area contributed by atoms with Gasteiger partial charge in [0.25, 0.3) is 0 Å². The number of ether oxygens (including phenoxy) is 1. The van der Waals surface area contributed by atoms with E-state index >= 15 is 0 Å². The Morgan fingerprint density at radius 1 is 1.27 bits per heavy atom. The van der Waals surface area contributed by atoms with Crippen LogP contribution in [0, 0.1) is 5.82 Å². The van der Waals surface area contributed by atoms with Crippen LogP contribution in [0.25, 0.3) is 11.1 Å². The topological polar surface area (TPSA) is 56.1 Å². The standard InChI is InChI=1S/C20H26FN3O2/c1-20(2,3)26-19(25)22-11-14-8-15(10-17(21)9-14)16-12-23-24(13-16)18-6-4-5-7-18/h8-10,12-13,18H,4-7,11H2,1-3H3,(H,22,25). The van der Waals surface area contributed by atoms with E-state index in [1.165, 1.54) is 25.0 Å². The zero-order valence-corrected chi connectivity index (χ0v) is 15.6. The van der Waals surface area contributed by atoms with Crippen molar-refractivity contribution in [2.45, 2.75) is 64.6 Å². The molecular weight excluding hydrogens is 333 g/mol. The molecule has 1 aromatic heterocycles. The number of hydrogen-bond donors (Lipinski definition) is 1. The van der Waals surface area contributed by atoms with Gasteiger partial charge in [-0.15, -0.1) is 0 Å². The van der Waals surface area contributed by atoms with Crippen LogP contribution in [-0.4, -0.2) is 21.5 Å². The molecule has 6 heteroatoms. The number of rotatable bonds is 4. The molecule has 1 N–H and O–H groups in total. The molecule has 1 aliphatic carbocycles. The summed E-state index contributed by atoms with van der Waals surface area (Å²) in [5.41, 5.74) is 1.76. The second kappa shape index (κ2) is 7.48. The van der Waals surface area contributed by atoms with Crippen LogP contribution in [-0.2, 0) is 11.3 Å². The van der Waals surface area contributed by atoms with Crippen LogP contribution < -0.4 is 5.32 Å². The zero-order valence-electron chi connectivity index (χ0n) is 15.6. The van der Waals surface area contributed by atoms with Crippen molar-refractivity contribution in [3.05, 3.63) is 42.0 Å². The number of nitrogens with zero attached hydrogens (tertiary/aromatic N) is 2. The van der Waals surface area contributed by atoms with Crippen molar-refractivity contribution >= 4 is 6.09 Å². The molecule has 0 unspecified atom stereocenters. The molecule has 3 rings (SSSR count). The number of benzene rings is 1. The molecule has 0 bridgehead atoms. The maximum Gasteiger partial charge on any atom is 0.407 e. The largest absolute Gasteiger partial charge is 0.444 e. The molecule has 0 radical (unpaired) electrons. The summed E-state index contributed by atoms with van der Waals surface area (Å²) in [6.07, 6.45) is 8.01. The summed E-state index contributed by atoms with van der Waals surface area (Å²) in [7, 11) is 0. The molecule has 1 aromatic carbocycles. The molecule has 0 aliphatic heterocycles. The molecule has 5 nitrogen and oxygen atoms in total. The lowest BCUT2D eigenvalue weighted by Crippen LogP contribution is -2.32. The van der Waals surface area contributed by atoms with Gasteiger partial charge < -0.3 is 10.1 Å². The van der Waals surface area contributed by atoms with Gasteiger partial charge in [0.15, 0.2) is 0 Å². The van der Waals surface area contributed by atoms with E-state index in [1.54, 1.807) is 27.0 Å². The Morgan fingerprint density at radius 2 is 2.00 bits per heavy atom. The van der Waals surface area contributed by atoms with Crippen LogP contribution in [0.4, 0.5) is 9.18 Å². The predicted octanol–water partition coefficient (Wildman–Crippen LogP) is 4.83. The average molecular weight is 359 g/mol. The van der Waals surface area contributed by atoms with E-state index in [9.17, 15) is 9.18 Å². The summed E-state index contributed by atoms with van der Waals surface area (Å²) < 4.78 is 21.2. The zero-order chi connectivity index (χ0) is 18.7. The minimum absolute atomic E-state index is 0.205. The van der Waals surface area contributed by atoms with Crippen molar-refractivity contribution in [2.24, 2.45) is 0 Å². The SMILES string of the molecule is CC(C)(C)OC(=O)NCc1cc(F)cc(-c2cnn(C3CCCC3)c2)c1. The monoisotopic (exact) mass is 359 g/mol.